The molecule has 1 N–H and O–H groups in total. The smallest absolute Gasteiger partial charge is 0.331 e. The molecule has 4 nitrogen and oxygen atoms in total. The molecule has 0 aliphatic heterocycles. The Labute approximate surface area is 97.3 Å². The molecule has 0 bridgehead atoms. The average Bonchev–Trinajstić information content (AvgIpc) is 2.10. The Morgan fingerprint density at radius 3 is 2.31 bits per heavy atom. The van der Waals surface area contributed by atoms with Crippen LogP contribution in [0, 0.1) is 0 Å². The molecule has 0 saturated carbocycles. The molecule has 5 heteroatoms. The summed E-state index contributed by atoms with van der Waals surface area (Å²) in [6, 6.07) is 1.09. The van der Waals surface area contributed by atoms with Gasteiger partial charge in [-0.05, 0) is 13.3 Å². The minimum absolute atomic E-state index is 0.155. The van der Waals surface area contributed by atoms with Gasteiger partial charge in [0.25, 0.3) is 0 Å². The fourth-order valence-corrected chi connectivity index (χ4v) is 2.34. The number of carboxylic acids is 1. The van der Waals surface area contributed by atoms with E-state index < -0.39 is 20.0 Å². The number of carbonyl (C=O) groups excluding carboxylic acids is 1. The van der Waals surface area contributed by atoms with Crippen molar-refractivity contribution in [2.45, 2.75) is 45.1 Å². The van der Waals surface area contributed by atoms with Gasteiger partial charge in [-0.25, -0.2) is 9.59 Å². The molecule has 16 heavy (non-hydrogen) atoms. The van der Waals surface area contributed by atoms with Crippen LogP contribution >= 0.6 is 0 Å². The highest BCUT2D eigenvalue weighted by atomic mass is 28.3. The highest BCUT2D eigenvalue weighted by Crippen LogP contribution is 2.14. The van der Waals surface area contributed by atoms with Crippen LogP contribution in [0.4, 0.5) is 0 Å². The second kappa shape index (κ2) is 6.47. The molecular weight excluding hydrogens is 224 g/mol. The van der Waals surface area contributed by atoms with E-state index in [2.05, 4.69) is 19.6 Å². The summed E-state index contributed by atoms with van der Waals surface area (Å²) in [6.45, 7) is 8.59. The molecule has 0 spiro atoms. The Balaban J connectivity index is 3.92. The number of hydrogen-bond donors (Lipinski definition) is 1. The Kier molecular flexibility index (Phi) is 6.03. The Bertz CT molecular complexity index is 278. The van der Waals surface area contributed by atoms with Gasteiger partial charge in [0.05, 0.1) is 6.10 Å². The maximum atomic E-state index is 11.1. The zero-order valence-corrected chi connectivity index (χ0v) is 11.3. The Morgan fingerprint density at radius 2 is 1.88 bits per heavy atom. The molecule has 0 aromatic carbocycles. The molecule has 0 radical (unpaired) electrons. The SMILES string of the molecule is CC(CC[Si](C)(C)C)OC(=O)/C=C/C(=O)O. The van der Waals surface area contributed by atoms with E-state index >= 15 is 0 Å². The van der Waals surface area contributed by atoms with Crippen LogP contribution in [0.1, 0.15) is 13.3 Å². The molecule has 1 atom stereocenters. The van der Waals surface area contributed by atoms with Crippen LogP contribution in [0.5, 0.6) is 0 Å². The van der Waals surface area contributed by atoms with Gasteiger partial charge in [-0.15, -0.1) is 0 Å². The van der Waals surface area contributed by atoms with Crippen molar-refractivity contribution in [3.05, 3.63) is 12.2 Å². The predicted octanol–water partition coefficient (Wildman–Crippen LogP) is 2.29. The standard InChI is InChI=1S/C11H20O4Si/c1-9(7-8-16(2,3)4)15-11(14)6-5-10(12)13/h5-6,9H,7-8H2,1-4H3,(H,12,13)/b6-5+. The van der Waals surface area contributed by atoms with Gasteiger partial charge in [0.15, 0.2) is 0 Å². The molecule has 1 unspecified atom stereocenters. The van der Waals surface area contributed by atoms with Crippen LogP contribution in [-0.2, 0) is 14.3 Å². The van der Waals surface area contributed by atoms with E-state index in [1.165, 1.54) is 0 Å². The van der Waals surface area contributed by atoms with Crippen molar-refractivity contribution >= 4 is 20.0 Å². The minimum Gasteiger partial charge on any atom is -0.478 e. The van der Waals surface area contributed by atoms with Crippen molar-refractivity contribution in [2.24, 2.45) is 0 Å². The van der Waals surface area contributed by atoms with Crippen LogP contribution in [-0.4, -0.2) is 31.2 Å². The number of aliphatic carboxylic acids is 1. The van der Waals surface area contributed by atoms with E-state index in [0.717, 1.165) is 24.6 Å². The highest BCUT2D eigenvalue weighted by molar-refractivity contribution is 6.76. The lowest BCUT2D eigenvalue weighted by atomic mass is 10.3. The van der Waals surface area contributed by atoms with Gasteiger partial charge < -0.3 is 9.84 Å². The summed E-state index contributed by atoms with van der Waals surface area (Å²) in [5.41, 5.74) is 0. The number of esters is 1. The van der Waals surface area contributed by atoms with Crippen molar-refractivity contribution in [2.75, 3.05) is 0 Å². The van der Waals surface area contributed by atoms with Crippen molar-refractivity contribution in [3.8, 4) is 0 Å². The third-order valence-corrected chi connectivity index (χ3v) is 3.77. The highest BCUT2D eigenvalue weighted by Gasteiger charge is 2.16. The molecule has 0 saturated heterocycles. The van der Waals surface area contributed by atoms with Crippen LogP contribution in [0.25, 0.3) is 0 Å². The number of ether oxygens (including phenoxy) is 1. The largest absolute Gasteiger partial charge is 0.478 e. The van der Waals surface area contributed by atoms with E-state index in [-0.39, 0.29) is 6.10 Å². The van der Waals surface area contributed by atoms with Crippen LogP contribution < -0.4 is 0 Å². The van der Waals surface area contributed by atoms with Gasteiger partial charge in [0.1, 0.15) is 0 Å². The summed E-state index contributed by atoms with van der Waals surface area (Å²) in [5.74, 6) is -1.74. The summed E-state index contributed by atoms with van der Waals surface area (Å²) >= 11 is 0. The lowest BCUT2D eigenvalue weighted by Gasteiger charge is -2.18. The molecule has 0 aromatic heterocycles. The first-order chi connectivity index (χ1) is 7.20. The Hall–Kier alpha value is -1.10. The zero-order valence-electron chi connectivity index (χ0n) is 10.3. The molecule has 0 aliphatic rings. The quantitative estimate of drug-likeness (QED) is 0.442. The van der Waals surface area contributed by atoms with Crippen LogP contribution in [0.2, 0.25) is 25.7 Å². The first-order valence-electron chi connectivity index (χ1n) is 5.32. The maximum Gasteiger partial charge on any atom is 0.331 e. The van der Waals surface area contributed by atoms with E-state index in [0.29, 0.717) is 0 Å². The summed E-state index contributed by atoms with van der Waals surface area (Å²) in [4.78, 5) is 21.3. The molecule has 0 fully saturated rings. The van der Waals surface area contributed by atoms with E-state index in [9.17, 15) is 9.59 Å². The summed E-state index contributed by atoms with van der Waals surface area (Å²) in [6.07, 6.45) is 2.40. The molecule has 0 aliphatic carbocycles. The molecule has 0 heterocycles. The van der Waals surface area contributed by atoms with Gasteiger partial charge in [-0.1, -0.05) is 25.7 Å². The molecule has 92 valence electrons. The van der Waals surface area contributed by atoms with Crippen molar-refractivity contribution in [1.29, 1.82) is 0 Å². The van der Waals surface area contributed by atoms with Crippen LogP contribution in [0.3, 0.4) is 0 Å². The Morgan fingerprint density at radius 1 is 1.31 bits per heavy atom. The predicted molar refractivity (Wildman–Crippen MR) is 65.1 cm³/mol. The second-order valence-corrected chi connectivity index (χ2v) is 10.6. The summed E-state index contributed by atoms with van der Waals surface area (Å²) < 4.78 is 5.03. The lowest BCUT2D eigenvalue weighted by Crippen LogP contribution is -2.23. The number of hydrogen-bond acceptors (Lipinski definition) is 3. The van der Waals surface area contributed by atoms with Gasteiger partial charge >= 0.3 is 11.9 Å². The monoisotopic (exact) mass is 244 g/mol. The van der Waals surface area contributed by atoms with Gasteiger partial charge in [0, 0.05) is 20.2 Å². The second-order valence-electron chi connectivity index (χ2n) is 5.02. The molecule has 0 rings (SSSR count). The van der Waals surface area contributed by atoms with Gasteiger partial charge in [-0.2, -0.15) is 0 Å². The first kappa shape index (κ1) is 14.9. The zero-order chi connectivity index (χ0) is 12.8. The van der Waals surface area contributed by atoms with Crippen molar-refractivity contribution < 1.29 is 19.4 Å². The maximum absolute atomic E-state index is 11.1. The fraction of sp³-hybridized carbons (Fsp3) is 0.636. The van der Waals surface area contributed by atoms with E-state index in [1.54, 1.807) is 0 Å². The van der Waals surface area contributed by atoms with Gasteiger partial charge in [-0.3, -0.25) is 0 Å². The number of carboxylic acid groups (broad SMARTS) is 1. The first-order valence-corrected chi connectivity index (χ1v) is 9.03. The third-order valence-electron chi connectivity index (χ3n) is 1.98. The van der Waals surface area contributed by atoms with Gasteiger partial charge in [0.2, 0.25) is 0 Å². The molecular formula is C11H20O4Si. The fourth-order valence-electron chi connectivity index (χ4n) is 1.07. The summed E-state index contributed by atoms with van der Waals surface area (Å²) in [7, 11) is -1.11. The molecule has 0 aromatic rings. The normalized spacial score (nSPS) is 13.8. The third kappa shape index (κ3) is 9.45. The average molecular weight is 244 g/mol. The number of rotatable bonds is 6. The molecule has 0 amide bonds. The van der Waals surface area contributed by atoms with E-state index in [1.807, 2.05) is 6.92 Å². The van der Waals surface area contributed by atoms with Crippen molar-refractivity contribution in [1.82, 2.24) is 0 Å². The minimum atomic E-state index is -1.15. The van der Waals surface area contributed by atoms with Crippen molar-refractivity contribution in [3.63, 3.8) is 0 Å². The van der Waals surface area contributed by atoms with Crippen LogP contribution in [0.15, 0.2) is 12.2 Å². The summed E-state index contributed by atoms with van der Waals surface area (Å²) in [5, 5.41) is 8.32. The lowest BCUT2D eigenvalue weighted by molar-refractivity contribution is -0.142. The number of carbonyl (C=O) groups is 2. The topological polar surface area (TPSA) is 63.6 Å². The van der Waals surface area contributed by atoms with E-state index in [4.69, 9.17) is 9.84 Å².